The first-order chi connectivity index (χ1) is 16.8. The molecule has 2 amide bonds. The number of nitrogens with one attached hydrogen (secondary N) is 1. The number of nitrogens with zero attached hydrogens (tertiary/aromatic N) is 2. The van der Waals surface area contributed by atoms with Gasteiger partial charge in [-0.05, 0) is 23.6 Å². The number of carboxylic acid groups (broad SMARTS) is 1. The molecule has 1 saturated carbocycles. The van der Waals surface area contributed by atoms with E-state index in [0.29, 0.717) is 11.3 Å². The highest BCUT2D eigenvalue weighted by molar-refractivity contribution is 6.03. The molecule has 3 rings (SSSR count). The summed E-state index contributed by atoms with van der Waals surface area (Å²) in [4.78, 5) is 29.3. The van der Waals surface area contributed by atoms with Gasteiger partial charge in [0.15, 0.2) is 0 Å². The average molecular weight is 515 g/mol. The van der Waals surface area contributed by atoms with Crippen LogP contribution in [0.2, 0.25) is 0 Å². The van der Waals surface area contributed by atoms with Crippen LogP contribution in [0.4, 0.5) is 33.7 Å². The number of benzene rings is 1. The molecule has 0 aliphatic heterocycles. The van der Waals surface area contributed by atoms with Gasteiger partial charge >= 0.3 is 24.5 Å². The lowest BCUT2D eigenvalue weighted by Gasteiger charge is -2.50. The van der Waals surface area contributed by atoms with Gasteiger partial charge < -0.3 is 25.0 Å². The predicted molar refractivity (Wildman–Crippen MR) is 120 cm³/mol. The number of hydrogen-bond acceptors (Lipinski definition) is 6. The second kappa shape index (κ2) is 10.2. The summed E-state index contributed by atoms with van der Waals surface area (Å²) in [5.41, 5.74) is -2.16. The van der Waals surface area contributed by atoms with Crippen molar-refractivity contribution >= 4 is 23.4 Å². The number of carbonyl (C=O) groups excluding carboxylic acids is 1. The first-order valence-electron chi connectivity index (χ1n) is 10.8. The number of hydrogen-bond donors (Lipinski definition) is 3. The van der Waals surface area contributed by atoms with Crippen molar-refractivity contribution in [1.82, 2.24) is 4.98 Å². The first-order valence-corrected chi connectivity index (χ1v) is 10.8. The van der Waals surface area contributed by atoms with Crippen molar-refractivity contribution in [1.29, 1.82) is 0 Å². The van der Waals surface area contributed by atoms with E-state index in [-0.39, 0.29) is 17.5 Å². The summed E-state index contributed by atoms with van der Waals surface area (Å²) in [6, 6.07) is 7.15. The summed E-state index contributed by atoms with van der Waals surface area (Å²) < 4.78 is 63.4. The molecule has 9 nitrogen and oxygen atoms in total. The zero-order valence-corrected chi connectivity index (χ0v) is 19.5. The fraction of sp³-hybridized carbons (Fsp3) is 0.435. The van der Waals surface area contributed by atoms with E-state index in [1.54, 1.807) is 24.3 Å². The Morgan fingerprint density at radius 3 is 2.39 bits per heavy atom. The maximum absolute atomic E-state index is 14.1. The number of anilines is 2. The zero-order valence-electron chi connectivity index (χ0n) is 19.5. The third-order valence-electron chi connectivity index (χ3n) is 5.89. The van der Waals surface area contributed by atoms with Crippen LogP contribution in [-0.4, -0.2) is 58.5 Å². The van der Waals surface area contributed by atoms with Crippen LogP contribution in [0.1, 0.15) is 38.2 Å². The van der Waals surface area contributed by atoms with Gasteiger partial charge in [0.25, 0.3) is 0 Å². The zero-order chi connectivity index (χ0) is 26.8. The lowest BCUT2D eigenvalue weighted by atomic mass is 9.70. The molecule has 0 saturated heterocycles. The van der Waals surface area contributed by atoms with Crippen LogP contribution < -0.4 is 19.7 Å². The minimum atomic E-state index is -4.44. The van der Waals surface area contributed by atoms with Gasteiger partial charge in [-0.3, -0.25) is 4.90 Å². The molecule has 2 aromatic rings. The van der Waals surface area contributed by atoms with E-state index in [9.17, 15) is 32.3 Å². The number of aromatic nitrogens is 1. The minimum Gasteiger partial charge on any atom is -0.481 e. The van der Waals surface area contributed by atoms with E-state index in [1.807, 2.05) is 13.8 Å². The lowest BCUT2D eigenvalue weighted by Crippen LogP contribution is -2.67. The summed E-state index contributed by atoms with van der Waals surface area (Å²) in [5, 5.41) is 21.6. The number of ether oxygens (including phenoxy) is 2. The molecule has 1 aliphatic carbocycles. The van der Waals surface area contributed by atoms with Gasteiger partial charge in [0.2, 0.25) is 11.8 Å². The van der Waals surface area contributed by atoms with Crippen molar-refractivity contribution in [2.24, 2.45) is 0 Å². The predicted octanol–water partition coefficient (Wildman–Crippen LogP) is 4.47. The molecule has 0 unspecified atom stereocenters. The van der Waals surface area contributed by atoms with E-state index in [4.69, 9.17) is 9.84 Å². The molecular formula is C23H25F4N3O6. The highest BCUT2D eigenvalue weighted by Gasteiger charge is 2.66. The number of para-hydroxylation sites is 1. The highest BCUT2D eigenvalue weighted by atomic mass is 19.3. The average Bonchev–Trinajstić information content (AvgIpc) is 2.78. The molecule has 1 heterocycles. The van der Waals surface area contributed by atoms with Crippen molar-refractivity contribution in [2.45, 2.75) is 56.8 Å². The van der Waals surface area contributed by atoms with E-state index < -0.39 is 54.9 Å². The molecule has 0 bridgehead atoms. The van der Waals surface area contributed by atoms with E-state index in [0.717, 1.165) is 4.90 Å². The smallest absolute Gasteiger partial charge is 0.388 e. The Bertz CT molecular complexity index is 1120. The third-order valence-corrected chi connectivity index (χ3v) is 5.89. The Labute approximate surface area is 203 Å². The summed E-state index contributed by atoms with van der Waals surface area (Å²) >= 11 is 0. The van der Waals surface area contributed by atoms with Gasteiger partial charge in [-0.25, -0.2) is 9.59 Å². The number of amides is 2. The largest absolute Gasteiger partial charge is 0.481 e. The first kappa shape index (κ1) is 27.0. The topological polar surface area (TPSA) is 121 Å². The van der Waals surface area contributed by atoms with Crippen molar-refractivity contribution < 1.29 is 46.8 Å². The lowest BCUT2D eigenvalue weighted by molar-refractivity contribution is -0.231. The quantitative estimate of drug-likeness (QED) is 0.422. The Morgan fingerprint density at radius 1 is 1.19 bits per heavy atom. The molecule has 3 N–H and O–H groups in total. The van der Waals surface area contributed by atoms with Gasteiger partial charge in [0, 0.05) is 30.6 Å². The van der Waals surface area contributed by atoms with Gasteiger partial charge in [0.05, 0.1) is 7.11 Å². The maximum atomic E-state index is 14.1. The van der Waals surface area contributed by atoms with Crippen molar-refractivity contribution in [3.63, 3.8) is 0 Å². The number of alkyl halides is 4. The van der Waals surface area contributed by atoms with Crippen LogP contribution in [0.5, 0.6) is 11.8 Å². The van der Waals surface area contributed by atoms with Gasteiger partial charge in [-0.2, -0.15) is 22.5 Å². The Kier molecular flexibility index (Phi) is 7.62. The fourth-order valence-electron chi connectivity index (χ4n) is 4.01. The highest BCUT2D eigenvalue weighted by Crippen LogP contribution is 2.48. The standard InChI is InChI=1S/C23H25F4N3O6/c1-12(2)14-6-4-5-7-16(14)30(13-10-22(34,11-13)23(26,27)19(31)32)21(33)28-15-8-9-17(35-3)29-18(15)36-20(24)25/h4-9,12-13,20,34H,10-11H2,1-3H3,(H,28,33)(H,31,32). The van der Waals surface area contributed by atoms with Gasteiger partial charge in [0.1, 0.15) is 11.3 Å². The van der Waals surface area contributed by atoms with Crippen LogP contribution in [0.15, 0.2) is 36.4 Å². The Morgan fingerprint density at radius 2 is 1.83 bits per heavy atom. The number of aliphatic carboxylic acids is 1. The summed E-state index contributed by atoms with van der Waals surface area (Å²) in [7, 11) is 1.25. The van der Waals surface area contributed by atoms with Crippen molar-refractivity contribution in [3.8, 4) is 11.8 Å². The molecule has 36 heavy (non-hydrogen) atoms. The number of halogens is 4. The van der Waals surface area contributed by atoms with Crippen molar-refractivity contribution in [2.75, 3.05) is 17.3 Å². The van der Waals surface area contributed by atoms with Crippen LogP contribution in [0.3, 0.4) is 0 Å². The summed E-state index contributed by atoms with van der Waals surface area (Å²) in [5.74, 6) is -7.75. The SMILES string of the molecule is COc1ccc(NC(=O)N(c2ccccc2C(C)C)C2CC(O)(C(F)(F)C(=O)O)C2)c(OC(F)F)n1. The molecule has 0 spiro atoms. The number of methoxy groups -OCH3 is 1. The van der Waals surface area contributed by atoms with Crippen molar-refractivity contribution in [3.05, 3.63) is 42.0 Å². The Hall–Kier alpha value is -3.61. The molecular weight excluding hydrogens is 490 g/mol. The number of urea groups is 1. The third kappa shape index (κ3) is 5.15. The number of aliphatic hydroxyl groups is 1. The van der Waals surface area contributed by atoms with Gasteiger partial charge in [-0.1, -0.05) is 32.0 Å². The van der Waals surface area contributed by atoms with E-state index in [2.05, 4.69) is 15.0 Å². The molecule has 196 valence electrons. The number of carboxylic acids is 1. The second-order valence-electron chi connectivity index (χ2n) is 8.57. The van der Waals surface area contributed by atoms with E-state index in [1.165, 1.54) is 19.2 Å². The second-order valence-corrected chi connectivity index (χ2v) is 8.57. The molecule has 1 fully saturated rings. The van der Waals surface area contributed by atoms with Crippen LogP contribution >= 0.6 is 0 Å². The normalized spacial score (nSPS) is 19.6. The molecule has 0 atom stereocenters. The Balaban J connectivity index is 1.99. The molecule has 0 radical (unpaired) electrons. The summed E-state index contributed by atoms with van der Waals surface area (Å²) in [6.07, 6.45) is -1.49. The van der Waals surface area contributed by atoms with Crippen LogP contribution in [-0.2, 0) is 4.79 Å². The summed E-state index contributed by atoms with van der Waals surface area (Å²) in [6.45, 7) is 0.414. The van der Waals surface area contributed by atoms with E-state index >= 15 is 0 Å². The minimum absolute atomic E-state index is 0.0642. The molecule has 1 aromatic heterocycles. The number of rotatable bonds is 9. The number of pyridine rings is 1. The number of carbonyl (C=O) groups is 2. The maximum Gasteiger partial charge on any atom is 0.388 e. The van der Waals surface area contributed by atoms with Crippen LogP contribution in [0, 0.1) is 0 Å². The molecule has 1 aliphatic rings. The molecule has 1 aromatic carbocycles. The van der Waals surface area contributed by atoms with Crippen LogP contribution in [0.25, 0.3) is 0 Å². The fourth-order valence-corrected chi connectivity index (χ4v) is 4.01. The molecule has 13 heteroatoms. The monoisotopic (exact) mass is 515 g/mol. The van der Waals surface area contributed by atoms with Gasteiger partial charge in [-0.15, -0.1) is 0 Å².